The Hall–Kier alpha value is -0.170. The molecule has 0 aromatic carbocycles. The Morgan fingerprint density at radius 3 is 2.35 bits per heavy atom. The molecule has 118 valence electrons. The maximum absolute atomic E-state index is 12.7. The van der Waals surface area contributed by atoms with E-state index in [2.05, 4.69) is 6.92 Å². The number of nitrogens with two attached hydrogens (primary N) is 1. The highest BCUT2D eigenvalue weighted by Crippen LogP contribution is 2.26. The monoisotopic (exact) mass is 303 g/mol. The molecule has 2 fully saturated rings. The van der Waals surface area contributed by atoms with Gasteiger partial charge in [-0.2, -0.15) is 17.0 Å². The minimum atomic E-state index is -3.26. The molecule has 1 unspecified atom stereocenters. The summed E-state index contributed by atoms with van der Waals surface area (Å²) >= 11 is 0. The van der Waals surface area contributed by atoms with E-state index < -0.39 is 10.2 Å². The summed E-state index contributed by atoms with van der Waals surface area (Å²) in [5.74, 6) is 1.04. The smallest absolute Gasteiger partial charge is 0.281 e. The maximum Gasteiger partial charge on any atom is 0.281 e. The Morgan fingerprint density at radius 2 is 1.75 bits per heavy atom. The first-order valence-electron chi connectivity index (χ1n) is 8.03. The average molecular weight is 303 g/mol. The first-order valence-corrected chi connectivity index (χ1v) is 9.43. The Bertz CT molecular complexity index is 391. The average Bonchev–Trinajstić information content (AvgIpc) is 2.48. The predicted octanol–water partition coefficient (Wildman–Crippen LogP) is 1.41. The molecule has 0 bridgehead atoms. The zero-order chi connectivity index (χ0) is 14.6. The highest BCUT2D eigenvalue weighted by Gasteiger charge is 2.35. The molecule has 0 aromatic rings. The topological polar surface area (TPSA) is 66.6 Å². The molecule has 2 rings (SSSR count). The van der Waals surface area contributed by atoms with Crippen LogP contribution in [-0.2, 0) is 10.2 Å². The molecule has 0 aromatic heterocycles. The van der Waals surface area contributed by atoms with Gasteiger partial charge < -0.3 is 5.73 Å². The lowest BCUT2D eigenvalue weighted by Crippen LogP contribution is -2.51. The molecular weight excluding hydrogens is 274 g/mol. The van der Waals surface area contributed by atoms with Gasteiger partial charge in [0.2, 0.25) is 0 Å². The second kappa shape index (κ2) is 7.20. The Morgan fingerprint density at radius 1 is 1.05 bits per heavy atom. The predicted molar refractivity (Wildman–Crippen MR) is 81.5 cm³/mol. The highest BCUT2D eigenvalue weighted by molar-refractivity contribution is 7.86. The number of nitrogens with zero attached hydrogens (tertiary/aromatic N) is 2. The molecule has 6 heteroatoms. The highest BCUT2D eigenvalue weighted by atomic mass is 32.2. The van der Waals surface area contributed by atoms with Gasteiger partial charge in [-0.25, -0.2) is 0 Å². The van der Waals surface area contributed by atoms with Crippen LogP contribution in [0.1, 0.15) is 45.4 Å². The van der Waals surface area contributed by atoms with Gasteiger partial charge in [0, 0.05) is 26.2 Å². The minimum Gasteiger partial charge on any atom is -0.330 e. The molecule has 20 heavy (non-hydrogen) atoms. The van der Waals surface area contributed by atoms with Crippen molar-refractivity contribution in [1.29, 1.82) is 0 Å². The summed E-state index contributed by atoms with van der Waals surface area (Å²) in [6, 6.07) is 0. The van der Waals surface area contributed by atoms with Gasteiger partial charge in [0.25, 0.3) is 10.2 Å². The van der Waals surface area contributed by atoms with E-state index in [0.29, 0.717) is 44.6 Å². The molecule has 0 radical (unpaired) electrons. The van der Waals surface area contributed by atoms with Crippen molar-refractivity contribution in [3.05, 3.63) is 0 Å². The molecule has 0 spiro atoms. The van der Waals surface area contributed by atoms with Gasteiger partial charge in [-0.05, 0) is 44.1 Å². The zero-order valence-electron chi connectivity index (χ0n) is 12.6. The van der Waals surface area contributed by atoms with E-state index >= 15 is 0 Å². The van der Waals surface area contributed by atoms with Gasteiger partial charge in [-0.1, -0.05) is 19.8 Å². The normalized spacial score (nSPS) is 27.8. The van der Waals surface area contributed by atoms with Crippen LogP contribution in [-0.4, -0.2) is 49.8 Å². The van der Waals surface area contributed by atoms with Gasteiger partial charge >= 0.3 is 0 Å². The van der Waals surface area contributed by atoms with E-state index in [1.54, 1.807) is 8.61 Å². The van der Waals surface area contributed by atoms with E-state index in [9.17, 15) is 8.42 Å². The number of hydrogen-bond donors (Lipinski definition) is 1. The molecule has 0 aliphatic carbocycles. The van der Waals surface area contributed by atoms with Crippen LogP contribution < -0.4 is 5.73 Å². The summed E-state index contributed by atoms with van der Waals surface area (Å²) in [5, 5.41) is 0. The second-order valence-electron chi connectivity index (χ2n) is 6.24. The number of piperidine rings is 2. The third kappa shape index (κ3) is 3.72. The largest absolute Gasteiger partial charge is 0.330 e. The van der Waals surface area contributed by atoms with Crippen molar-refractivity contribution >= 4 is 10.2 Å². The summed E-state index contributed by atoms with van der Waals surface area (Å²) in [6.07, 6.45) is 6.45. The molecule has 2 aliphatic rings. The summed E-state index contributed by atoms with van der Waals surface area (Å²) in [5.41, 5.74) is 5.70. The van der Waals surface area contributed by atoms with E-state index in [1.165, 1.54) is 12.8 Å². The van der Waals surface area contributed by atoms with Crippen LogP contribution in [0, 0.1) is 11.8 Å². The van der Waals surface area contributed by atoms with Crippen LogP contribution >= 0.6 is 0 Å². The van der Waals surface area contributed by atoms with Gasteiger partial charge in [-0.15, -0.1) is 0 Å². The van der Waals surface area contributed by atoms with Crippen LogP contribution in [0.15, 0.2) is 0 Å². The summed E-state index contributed by atoms with van der Waals surface area (Å²) in [4.78, 5) is 0. The molecule has 0 saturated carbocycles. The van der Waals surface area contributed by atoms with Crippen molar-refractivity contribution in [1.82, 2.24) is 8.61 Å². The van der Waals surface area contributed by atoms with Gasteiger partial charge in [0.1, 0.15) is 0 Å². The van der Waals surface area contributed by atoms with Crippen molar-refractivity contribution in [2.45, 2.75) is 45.4 Å². The first kappa shape index (κ1) is 16.2. The summed E-state index contributed by atoms with van der Waals surface area (Å²) in [7, 11) is -3.26. The van der Waals surface area contributed by atoms with Crippen LogP contribution in [0.4, 0.5) is 0 Å². The maximum atomic E-state index is 12.7. The number of hydrogen-bond acceptors (Lipinski definition) is 3. The fourth-order valence-electron chi connectivity index (χ4n) is 3.43. The van der Waals surface area contributed by atoms with Crippen molar-refractivity contribution < 1.29 is 8.42 Å². The van der Waals surface area contributed by atoms with Crippen LogP contribution in [0.2, 0.25) is 0 Å². The van der Waals surface area contributed by atoms with Crippen molar-refractivity contribution in [2.24, 2.45) is 17.6 Å². The van der Waals surface area contributed by atoms with E-state index in [4.69, 9.17) is 5.73 Å². The van der Waals surface area contributed by atoms with Crippen LogP contribution in [0.3, 0.4) is 0 Å². The summed E-state index contributed by atoms with van der Waals surface area (Å²) < 4.78 is 28.7. The van der Waals surface area contributed by atoms with Gasteiger partial charge in [0.15, 0.2) is 0 Å². The van der Waals surface area contributed by atoms with Crippen molar-refractivity contribution in [3.8, 4) is 0 Å². The third-order valence-corrected chi connectivity index (χ3v) is 6.74. The zero-order valence-corrected chi connectivity index (χ0v) is 13.4. The molecule has 2 heterocycles. The molecule has 5 nitrogen and oxygen atoms in total. The second-order valence-corrected chi connectivity index (χ2v) is 8.17. The Kier molecular flexibility index (Phi) is 5.84. The standard InChI is InChI=1S/C14H29N3O2S/c1-2-4-13-6-9-16(10-7-13)20(18,19)17-8-3-5-14(11-15)12-17/h13-14H,2-12,15H2,1H3. The first-order chi connectivity index (χ1) is 9.57. The molecule has 2 aliphatic heterocycles. The lowest BCUT2D eigenvalue weighted by Gasteiger charge is -2.38. The Labute approximate surface area is 123 Å². The molecule has 0 amide bonds. The summed E-state index contributed by atoms with van der Waals surface area (Å²) in [6.45, 7) is 5.43. The van der Waals surface area contributed by atoms with Crippen LogP contribution in [0.25, 0.3) is 0 Å². The Balaban J connectivity index is 1.93. The lowest BCUT2D eigenvalue weighted by atomic mass is 9.94. The van der Waals surface area contributed by atoms with Gasteiger partial charge in [-0.3, -0.25) is 0 Å². The fourth-order valence-corrected chi connectivity index (χ4v) is 5.19. The van der Waals surface area contributed by atoms with Crippen molar-refractivity contribution in [2.75, 3.05) is 32.7 Å². The molecular formula is C14H29N3O2S. The van der Waals surface area contributed by atoms with Crippen molar-refractivity contribution in [3.63, 3.8) is 0 Å². The number of rotatable bonds is 5. The molecule has 1 atom stereocenters. The van der Waals surface area contributed by atoms with E-state index in [0.717, 1.165) is 25.7 Å². The fraction of sp³-hybridized carbons (Fsp3) is 1.00. The van der Waals surface area contributed by atoms with E-state index in [-0.39, 0.29) is 0 Å². The minimum absolute atomic E-state index is 0.330. The van der Waals surface area contributed by atoms with E-state index in [1.807, 2.05) is 0 Å². The van der Waals surface area contributed by atoms with Crippen LogP contribution in [0.5, 0.6) is 0 Å². The SMILES string of the molecule is CCCC1CCN(S(=O)(=O)N2CCCC(CN)C2)CC1. The molecule has 2 N–H and O–H groups in total. The third-order valence-electron chi connectivity index (χ3n) is 4.74. The quantitative estimate of drug-likeness (QED) is 0.835. The lowest BCUT2D eigenvalue weighted by molar-refractivity contribution is 0.220. The molecule has 2 saturated heterocycles. The van der Waals surface area contributed by atoms with Gasteiger partial charge in [0.05, 0.1) is 0 Å².